The van der Waals surface area contributed by atoms with Gasteiger partial charge in [-0.25, -0.2) is 4.98 Å². The van der Waals surface area contributed by atoms with Crippen LogP contribution in [0.15, 0.2) is 23.6 Å². The standard InChI is InChI=1S/C13H15ClN2OS/c1-9-8-18-13(16-9)7-17-12-3-2-10(4-5-15)6-11(12)14/h2-3,6,8H,4-5,7,15H2,1H3. The molecule has 0 bridgehead atoms. The Morgan fingerprint density at radius 1 is 1.44 bits per heavy atom. The Morgan fingerprint density at radius 3 is 2.89 bits per heavy atom. The molecular weight excluding hydrogens is 268 g/mol. The molecule has 2 aromatic rings. The van der Waals surface area contributed by atoms with E-state index in [4.69, 9.17) is 22.1 Å². The summed E-state index contributed by atoms with van der Waals surface area (Å²) >= 11 is 7.74. The van der Waals surface area contributed by atoms with E-state index < -0.39 is 0 Å². The first-order chi connectivity index (χ1) is 8.69. The van der Waals surface area contributed by atoms with Gasteiger partial charge in [0.15, 0.2) is 0 Å². The second-order valence-corrected chi connectivity index (χ2v) is 5.32. The molecule has 2 N–H and O–H groups in total. The Balaban J connectivity index is 2.01. The summed E-state index contributed by atoms with van der Waals surface area (Å²) in [5, 5.41) is 3.58. The summed E-state index contributed by atoms with van der Waals surface area (Å²) in [7, 11) is 0. The van der Waals surface area contributed by atoms with Crippen molar-refractivity contribution in [2.45, 2.75) is 20.0 Å². The third-order valence-electron chi connectivity index (χ3n) is 2.45. The fraction of sp³-hybridized carbons (Fsp3) is 0.308. The maximum Gasteiger partial charge on any atom is 0.140 e. The quantitative estimate of drug-likeness (QED) is 0.916. The zero-order valence-electron chi connectivity index (χ0n) is 10.1. The maximum atomic E-state index is 6.15. The highest BCUT2D eigenvalue weighted by Gasteiger charge is 2.05. The number of thiazole rings is 1. The van der Waals surface area contributed by atoms with Gasteiger partial charge in [-0.1, -0.05) is 17.7 Å². The largest absolute Gasteiger partial charge is 0.485 e. The highest BCUT2D eigenvalue weighted by molar-refractivity contribution is 7.09. The van der Waals surface area contributed by atoms with E-state index in [-0.39, 0.29) is 0 Å². The summed E-state index contributed by atoms with van der Waals surface area (Å²) < 4.78 is 5.65. The summed E-state index contributed by atoms with van der Waals surface area (Å²) in [4.78, 5) is 4.34. The number of nitrogens with two attached hydrogens (primary N) is 1. The summed E-state index contributed by atoms with van der Waals surface area (Å²) in [6.07, 6.45) is 0.825. The molecule has 1 aromatic heterocycles. The Labute approximate surface area is 116 Å². The van der Waals surface area contributed by atoms with E-state index in [1.807, 2.05) is 30.5 Å². The molecule has 0 aliphatic carbocycles. The molecule has 2 rings (SSSR count). The van der Waals surface area contributed by atoms with Gasteiger partial charge >= 0.3 is 0 Å². The van der Waals surface area contributed by atoms with Crippen LogP contribution in [0.1, 0.15) is 16.3 Å². The third kappa shape index (κ3) is 3.45. The van der Waals surface area contributed by atoms with Gasteiger partial charge in [-0.3, -0.25) is 0 Å². The Bertz CT molecular complexity index is 527. The number of nitrogens with zero attached hydrogens (tertiary/aromatic N) is 1. The van der Waals surface area contributed by atoms with E-state index in [9.17, 15) is 0 Å². The lowest BCUT2D eigenvalue weighted by Crippen LogP contribution is -2.03. The first kappa shape index (κ1) is 13.3. The van der Waals surface area contributed by atoms with Crippen LogP contribution in [-0.4, -0.2) is 11.5 Å². The van der Waals surface area contributed by atoms with Crippen molar-refractivity contribution in [3.8, 4) is 5.75 Å². The Hall–Kier alpha value is -1.10. The lowest BCUT2D eigenvalue weighted by Gasteiger charge is -2.08. The van der Waals surface area contributed by atoms with Crippen LogP contribution < -0.4 is 10.5 Å². The van der Waals surface area contributed by atoms with Gasteiger partial charge in [0.2, 0.25) is 0 Å². The van der Waals surface area contributed by atoms with Gasteiger partial charge in [-0.15, -0.1) is 11.3 Å². The molecule has 1 aromatic carbocycles. The van der Waals surface area contributed by atoms with Crippen molar-refractivity contribution < 1.29 is 4.74 Å². The van der Waals surface area contributed by atoms with E-state index in [2.05, 4.69) is 4.98 Å². The second-order valence-electron chi connectivity index (χ2n) is 3.97. The van der Waals surface area contributed by atoms with Gasteiger partial charge in [0.05, 0.1) is 5.02 Å². The fourth-order valence-corrected chi connectivity index (χ4v) is 2.53. The minimum atomic E-state index is 0.453. The number of rotatable bonds is 5. The molecule has 96 valence electrons. The van der Waals surface area contributed by atoms with Gasteiger partial charge in [0.25, 0.3) is 0 Å². The summed E-state index contributed by atoms with van der Waals surface area (Å²) in [5.74, 6) is 0.685. The van der Waals surface area contributed by atoms with Crippen molar-refractivity contribution in [1.82, 2.24) is 4.98 Å². The minimum absolute atomic E-state index is 0.453. The molecule has 0 atom stereocenters. The number of benzene rings is 1. The molecule has 0 saturated carbocycles. The van der Waals surface area contributed by atoms with Crippen molar-refractivity contribution >= 4 is 22.9 Å². The van der Waals surface area contributed by atoms with Crippen LogP contribution in [0.2, 0.25) is 5.02 Å². The molecule has 0 radical (unpaired) electrons. The van der Waals surface area contributed by atoms with E-state index >= 15 is 0 Å². The van der Waals surface area contributed by atoms with Crippen molar-refractivity contribution in [1.29, 1.82) is 0 Å². The molecule has 0 aliphatic heterocycles. The molecule has 3 nitrogen and oxygen atoms in total. The Kier molecular flexibility index (Phi) is 4.58. The van der Waals surface area contributed by atoms with Gasteiger partial charge in [-0.05, 0) is 37.6 Å². The Morgan fingerprint density at radius 2 is 2.28 bits per heavy atom. The lowest BCUT2D eigenvalue weighted by molar-refractivity contribution is 0.305. The zero-order chi connectivity index (χ0) is 13.0. The third-order valence-corrected chi connectivity index (χ3v) is 3.68. The molecule has 0 amide bonds. The zero-order valence-corrected chi connectivity index (χ0v) is 11.7. The molecule has 0 spiro atoms. The second kappa shape index (κ2) is 6.18. The number of hydrogen-bond donors (Lipinski definition) is 1. The summed E-state index contributed by atoms with van der Waals surface area (Å²) in [6.45, 7) is 3.04. The minimum Gasteiger partial charge on any atom is -0.485 e. The first-order valence-electron chi connectivity index (χ1n) is 5.71. The average molecular weight is 283 g/mol. The SMILES string of the molecule is Cc1csc(COc2ccc(CCN)cc2Cl)n1. The van der Waals surface area contributed by atoms with Crippen molar-refractivity contribution in [3.05, 3.63) is 44.9 Å². The van der Waals surface area contributed by atoms with Crippen LogP contribution in [0.25, 0.3) is 0 Å². The highest BCUT2D eigenvalue weighted by Crippen LogP contribution is 2.26. The number of aryl methyl sites for hydroxylation is 1. The normalized spacial score (nSPS) is 10.6. The molecular formula is C13H15ClN2OS. The summed E-state index contributed by atoms with van der Waals surface area (Å²) in [5.41, 5.74) is 7.65. The topological polar surface area (TPSA) is 48.1 Å². The lowest BCUT2D eigenvalue weighted by atomic mass is 10.1. The smallest absolute Gasteiger partial charge is 0.140 e. The molecule has 18 heavy (non-hydrogen) atoms. The van der Waals surface area contributed by atoms with Crippen LogP contribution in [0.4, 0.5) is 0 Å². The predicted molar refractivity (Wildman–Crippen MR) is 75.4 cm³/mol. The molecule has 0 saturated heterocycles. The summed E-state index contributed by atoms with van der Waals surface area (Å²) in [6, 6.07) is 5.77. The van der Waals surface area contributed by atoms with Crippen molar-refractivity contribution in [2.24, 2.45) is 5.73 Å². The van der Waals surface area contributed by atoms with E-state index in [1.54, 1.807) is 11.3 Å². The monoisotopic (exact) mass is 282 g/mol. The predicted octanol–water partition coefficient (Wildman–Crippen LogP) is 3.19. The van der Waals surface area contributed by atoms with E-state index in [1.165, 1.54) is 0 Å². The highest BCUT2D eigenvalue weighted by atomic mass is 35.5. The van der Waals surface area contributed by atoms with Gasteiger partial charge < -0.3 is 10.5 Å². The van der Waals surface area contributed by atoms with Gasteiger partial charge in [-0.2, -0.15) is 0 Å². The fourth-order valence-electron chi connectivity index (χ4n) is 1.59. The molecule has 0 aliphatic rings. The van der Waals surface area contributed by atoms with Crippen LogP contribution >= 0.6 is 22.9 Å². The number of halogens is 1. The van der Waals surface area contributed by atoms with Gasteiger partial charge in [0.1, 0.15) is 17.4 Å². The van der Waals surface area contributed by atoms with Crippen LogP contribution in [0, 0.1) is 6.92 Å². The molecule has 0 fully saturated rings. The van der Waals surface area contributed by atoms with E-state index in [0.717, 1.165) is 22.7 Å². The number of aromatic nitrogens is 1. The van der Waals surface area contributed by atoms with E-state index in [0.29, 0.717) is 23.9 Å². The van der Waals surface area contributed by atoms with Crippen molar-refractivity contribution in [3.63, 3.8) is 0 Å². The molecule has 0 unspecified atom stereocenters. The number of ether oxygens (including phenoxy) is 1. The van der Waals surface area contributed by atoms with Crippen molar-refractivity contribution in [2.75, 3.05) is 6.54 Å². The van der Waals surface area contributed by atoms with Crippen LogP contribution in [-0.2, 0) is 13.0 Å². The van der Waals surface area contributed by atoms with Gasteiger partial charge in [0, 0.05) is 11.1 Å². The average Bonchev–Trinajstić information content (AvgIpc) is 2.74. The number of hydrogen-bond acceptors (Lipinski definition) is 4. The first-order valence-corrected chi connectivity index (χ1v) is 6.97. The van der Waals surface area contributed by atoms with Crippen LogP contribution in [0.3, 0.4) is 0 Å². The molecule has 5 heteroatoms. The maximum absolute atomic E-state index is 6.15. The van der Waals surface area contributed by atoms with Crippen LogP contribution in [0.5, 0.6) is 5.75 Å². The molecule has 1 heterocycles.